The van der Waals surface area contributed by atoms with Gasteiger partial charge in [-0.1, -0.05) is 25.5 Å². The quantitative estimate of drug-likeness (QED) is 0.619. The molecule has 1 heterocycles. The van der Waals surface area contributed by atoms with Gasteiger partial charge in [0.05, 0.1) is 6.61 Å². The van der Waals surface area contributed by atoms with Gasteiger partial charge in [-0.2, -0.15) is 0 Å². The first-order valence-electron chi connectivity index (χ1n) is 8.10. The zero-order valence-electron chi connectivity index (χ0n) is 13.4. The minimum absolute atomic E-state index is 0.644. The Morgan fingerprint density at radius 2 is 1.90 bits per heavy atom. The molecular weight excluding hydrogens is 262 g/mol. The van der Waals surface area contributed by atoms with E-state index in [1.807, 2.05) is 5.01 Å². The van der Waals surface area contributed by atoms with E-state index in [1.54, 1.807) is 0 Å². The van der Waals surface area contributed by atoms with Crippen LogP contribution in [0.15, 0.2) is 24.3 Å². The maximum Gasteiger partial charge on any atom is 0.119 e. The zero-order chi connectivity index (χ0) is 15.1. The van der Waals surface area contributed by atoms with Crippen molar-refractivity contribution in [1.82, 2.24) is 9.91 Å². The van der Waals surface area contributed by atoms with Crippen molar-refractivity contribution >= 4 is 0 Å². The highest BCUT2D eigenvalue weighted by atomic mass is 16.5. The Morgan fingerprint density at radius 1 is 1.24 bits per heavy atom. The van der Waals surface area contributed by atoms with Crippen molar-refractivity contribution in [3.63, 3.8) is 0 Å². The van der Waals surface area contributed by atoms with E-state index in [1.165, 1.54) is 12.0 Å². The molecule has 1 aromatic rings. The third-order valence-electron chi connectivity index (χ3n) is 4.24. The lowest BCUT2D eigenvalue weighted by Gasteiger charge is -2.34. The van der Waals surface area contributed by atoms with E-state index in [0.29, 0.717) is 6.04 Å². The number of ether oxygens (including phenoxy) is 1. The number of hydrogen-bond donors (Lipinski definition) is 1. The molecule has 0 aromatic heterocycles. The SMILES string of the molecule is CCCCOc1ccc(CN(C)C2CCN(N)CC2)cc1. The number of rotatable bonds is 7. The Bertz CT molecular complexity index is 399. The molecule has 1 aliphatic rings. The van der Waals surface area contributed by atoms with Gasteiger partial charge >= 0.3 is 0 Å². The highest BCUT2D eigenvalue weighted by molar-refractivity contribution is 5.27. The van der Waals surface area contributed by atoms with Gasteiger partial charge in [0.15, 0.2) is 0 Å². The third kappa shape index (κ3) is 5.30. The van der Waals surface area contributed by atoms with Crippen LogP contribution in [0.2, 0.25) is 0 Å². The Morgan fingerprint density at radius 3 is 2.52 bits per heavy atom. The van der Waals surface area contributed by atoms with Gasteiger partial charge in [0.25, 0.3) is 0 Å². The fraction of sp³-hybridized carbons (Fsp3) is 0.647. The highest BCUT2D eigenvalue weighted by Gasteiger charge is 2.20. The predicted octanol–water partition coefficient (Wildman–Crippen LogP) is 2.64. The summed E-state index contributed by atoms with van der Waals surface area (Å²) in [6.07, 6.45) is 4.60. The number of nitrogens with zero attached hydrogens (tertiary/aromatic N) is 2. The minimum Gasteiger partial charge on any atom is -0.494 e. The van der Waals surface area contributed by atoms with Crippen molar-refractivity contribution in [2.24, 2.45) is 5.84 Å². The monoisotopic (exact) mass is 291 g/mol. The van der Waals surface area contributed by atoms with Crippen LogP contribution in [0.3, 0.4) is 0 Å². The standard InChI is InChI=1S/C17H29N3O/c1-3-4-13-21-17-7-5-15(6-8-17)14-19(2)16-9-11-20(18)12-10-16/h5-8,16H,3-4,9-14,18H2,1-2H3. The first kappa shape index (κ1) is 16.3. The lowest BCUT2D eigenvalue weighted by atomic mass is 10.0. The smallest absolute Gasteiger partial charge is 0.119 e. The maximum absolute atomic E-state index is 5.82. The topological polar surface area (TPSA) is 41.7 Å². The van der Waals surface area contributed by atoms with Crippen molar-refractivity contribution < 1.29 is 4.74 Å². The van der Waals surface area contributed by atoms with E-state index < -0.39 is 0 Å². The lowest BCUT2D eigenvalue weighted by Crippen LogP contribution is -2.45. The van der Waals surface area contributed by atoms with Crippen LogP contribution < -0.4 is 10.6 Å². The van der Waals surface area contributed by atoms with E-state index in [2.05, 4.69) is 43.1 Å². The molecule has 0 saturated carbocycles. The van der Waals surface area contributed by atoms with E-state index in [4.69, 9.17) is 10.6 Å². The van der Waals surface area contributed by atoms with Crippen LogP contribution in [0.1, 0.15) is 38.2 Å². The van der Waals surface area contributed by atoms with Gasteiger partial charge in [-0.3, -0.25) is 10.7 Å². The van der Waals surface area contributed by atoms with Crippen LogP contribution in [0.4, 0.5) is 0 Å². The molecule has 0 unspecified atom stereocenters. The van der Waals surface area contributed by atoms with Gasteiger partial charge in [0.2, 0.25) is 0 Å². The summed E-state index contributed by atoms with van der Waals surface area (Å²) in [7, 11) is 2.21. The number of piperidine rings is 1. The second-order valence-electron chi connectivity index (χ2n) is 6.03. The molecule has 1 aromatic carbocycles. The number of hydrazine groups is 1. The molecule has 1 fully saturated rings. The zero-order valence-corrected chi connectivity index (χ0v) is 13.4. The van der Waals surface area contributed by atoms with Gasteiger partial charge < -0.3 is 4.74 Å². The Labute approximate surface area is 128 Å². The van der Waals surface area contributed by atoms with Crippen LogP contribution >= 0.6 is 0 Å². The average molecular weight is 291 g/mol. The largest absolute Gasteiger partial charge is 0.494 e. The van der Waals surface area contributed by atoms with E-state index in [9.17, 15) is 0 Å². The Balaban J connectivity index is 1.79. The number of nitrogens with two attached hydrogens (primary N) is 1. The third-order valence-corrected chi connectivity index (χ3v) is 4.24. The van der Waals surface area contributed by atoms with Crippen molar-refractivity contribution in [3.8, 4) is 5.75 Å². The minimum atomic E-state index is 0.644. The summed E-state index contributed by atoms with van der Waals surface area (Å²) >= 11 is 0. The van der Waals surface area contributed by atoms with Crippen molar-refractivity contribution in [2.75, 3.05) is 26.7 Å². The molecule has 0 bridgehead atoms. The molecule has 0 aliphatic carbocycles. The van der Waals surface area contributed by atoms with E-state index in [-0.39, 0.29) is 0 Å². The van der Waals surface area contributed by atoms with E-state index >= 15 is 0 Å². The summed E-state index contributed by atoms with van der Waals surface area (Å²) in [5.41, 5.74) is 1.34. The molecule has 1 aliphatic heterocycles. The molecule has 4 nitrogen and oxygen atoms in total. The van der Waals surface area contributed by atoms with Crippen LogP contribution in [0.25, 0.3) is 0 Å². The van der Waals surface area contributed by atoms with Gasteiger partial charge in [0, 0.05) is 25.7 Å². The van der Waals surface area contributed by atoms with Crippen LogP contribution in [-0.4, -0.2) is 42.7 Å². The molecular formula is C17H29N3O. The molecule has 118 valence electrons. The summed E-state index contributed by atoms with van der Waals surface area (Å²) in [6.45, 7) is 5.98. The van der Waals surface area contributed by atoms with Gasteiger partial charge in [-0.25, -0.2) is 5.01 Å². The second-order valence-corrected chi connectivity index (χ2v) is 6.03. The molecule has 0 radical (unpaired) electrons. The molecule has 1 saturated heterocycles. The average Bonchev–Trinajstić information content (AvgIpc) is 2.50. The molecule has 2 N–H and O–H groups in total. The summed E-state index contributed by atoms with van der Waals surface area (Å²) in [6, 6.07) is 9.17. The lowest BCUT2D eigenvalue weighted by molar-refractivity contribution is 0.124. The van der Waals surface area contributed by atoms with E-state index in [0.717, 1.165) is 51.3 Å². The Hall–Kier alpha value is -1.10. The van der Waals surface area contributed by atoms with Crippen LogP contribution in [0.5, 0.6) is 5.75 Å². The molecule has 4 heteroatoms. The van der Waals surface area contributed by atoms with Gasteiger partial charge in [0.1, 0.15) is 5.75 Å². The van der Waals surface area contributed by atoms with Crippen molar-refractivity contribution in [2.45, 2.75) is 45.2 Å². The molecule has 21 heavy (non-hydrogen) atoms. The normalized spacial score (nSPS) is 17.3. The second kappa shape index (κ2) is 8.37. The fourth-order valence-corrected chi connectivity index (χ4v) is 2.77. The van der Waals surface area contributed by atoms with Crippen molar-refractivity contribution in [1.29, 1.82) is 0 Å². The summed E-state index contributed by atoms with van der Waals surface area (Å²) in [5.74, 6) is 6.80. The molecule has 2 rings (SSSR count). The first-order chi connectivity index (χ1) is 10.2. The number of unbranched alkanes of at least 4 members (excludes halogenated alkanes) is 1. The van der Waals surface area contributed by atoms with Crippen LogP contribution in [-0.2, 0) is 6.54 Å². The fourth-order valence-electron chi connectivity index (χ4n) is 2.77. The maximum atomic E-state index is 5.82. The molecule has 0 amide bonds. The number of hydrogen-bond acceptors (Lipinski definition) is 4. The van der Waals surface area contributed by atoms with Gasteiger partial charge in [-0.05, 0) is 44.0 Å². The summed E-state index contributed by atoms with van der Waals surface area (Å²) in [5, 5.41) is 1.92. The summed E-state index contributed by atoms with van der Waals surface area (Å²) in [4.78, 5) is 2.44. The Kier molecular flexibility index (Phi) is 6.49. The predicted molar refractivity (Wildman–Crippen MR) is 87.1 cm³/mol. The van der Waals surface area contributed by atoms with Crippen LogP contribution in [0, 0.1) is 0 Å². The molecule has 0 spiro atoms. The highest BCUT2D eigenvalue weighted by Crippen LogP contribution is 2.18. The van der Waals surface area contributed by atoms with Gasteiger partial charge in [-0.15, -0.1) is 0 Å². The summed E-state index contributed by atoms with van der Waals surface area (Å²) < 4.78 is 5.70. The number of benzene rings is 1. The first-order valence-corrected chi connectivity index (χ1v) is 8.10. The van der Waals surface area contributed by atoms with Crippen molar-refractivity contribution in [3.05, 3.63) is 29.8 Å². The molecule has 0 atom stereocenters.